The Morgan fingerprint density at radius 2 is 0.871 bits per heavy atom. The van der Waals surface area contributed by atoms with Gasteiger partial charge in [-0.25, -0.2) is 0 Å². The highest BCUT2D eigenvalue weighted by Gasteiger charge is 2.46. The first-order valence-corrected chi connectivity index (χ1v) is 13.0. The van der Waals surface area contributed by atoms with Crippen molar-refractivity contribution in [2.75, 3.05) is 78.5 Å². The standard InChI is InChI=1S/C12H30N6.C6H6Cl6.ClH/c13-1-4-16(5-2-14)7-10-18-11-8-17(6-3-15)9-12-18;7-1-2(8)4(10)6(12)5(11)3(1)9;/h1-15H2;1-6H;1H/t;1-,2-,3-,4+,5+,6+;. The molecule has 2 aliphatic rings. The molecule has 0 unspecified atom stereocenters. The Kier molecular flexibility index (Phi) is 19.2. The maximum absolute atomic E-state index is 5.88. The fourth-order valence-corrected chi connectivity index (χ4v) is 5.78. The summed E-state index contributed by atoms with van der Waals surface area (Å²) in [5.41, 5.74) is 16.8. The highest BCUT2D eigenvalue weighted by Crippen LogP contribution is 2.39. The summed E-state index contributed by atoms with van der Waals surface area (Å²) in [4.78, 5) is 7.31. The second-order valence-electron chi connectivity index (χ2n) is 7.56. The molecule has 6 N–H and O–H groups in total. The number of rotatable bonds is 9. The summed E-state index contributed by atoms with van der Waals surface area (Å²) in [6.45, 7) is 11.9. The SMILES string of the molecule is Cl.Cl[C@H]1[C@H](Cl)[C@@H](Cl)[C@@H](Cl)[C@H](Cl)[C@H]1Cl.NCCN(CCN)CCN1CCN(CCN)CC1. The molecule has 31 heavy (non-hydrogen) atoms. The van der Waals surface area contributed by atoms with Crippen molar-refractivity contribution >= 4 is 82.0 Å². The van der Waals surface area contributed by atoms with Gasteiger partial charge in [0.2, 0.25) is 0 Å². The van der Waals surface area contributed by atoms with Gasteiger partial charge in [0, 0.05) is 78.5 Å². The normalized spacial score (nSPS) is 32.3. The number of hydrogen-bond donors (Lipinski definition) is 3. The lowest BCUT2D eigenvalue weighted by atomic mass is 9.97. The van der Waals surface area contributed by atoms with Gasteiger partial charge < -0.3 is 17.2 Å². The Morgan fingerprint density at radius 3 is 1.16 bits per heavy atom. The topological polar surface area (TPSA) is 87.8 Å². The zero-order valence-electron chi connectivity index (χ0n) is 17.7. The van der Waals surface area contributed by atoms with Gasteiger partial charge in [0.25, 0.3) is 0 Å². The first-order chi connectivity index (χ1) is 14.3. The summed E-state index contributed by atoms with van der Waals surface area (Å²) in [6, 6.07) is 0. The van der Waals surface area contributed by atoms with Crippen LogP contribution in [-0.4, -0.2) is 125 Å². The molecule has 6 nitrogen and oxygen atoms in total. The maximum Gasteiger partial charge on any atom is 0.0693 e. The maximum atomic E-state index is 5.88. The van der Waals surface area contributed by atoms with Crippen LogP contribution in [0, 0.1) is 0 Å². The van der Waals surface area contributed by atoms with Crippen LogP contribution in [0.5, 0.6) is 0 Å². The van der Waals surface area contributed by atoms with Crippen molar-refractivity contribution in [1.82, 2.24) is 14.7 Å². The van der Waals surface area contributed by atoms with Crippen LogP contribution in [0.4, 0.5) is 0 Å². The Labute approximate surface area is 223 Å². The average Bonchev–Trinajstić information content (AvgIpc) is 2.75. The average molecular weight is 586 g/mol. The first kappa shape index (κ1) is 32.8. The van der Waals surface area contributed by atoms with Crippen LogP contribution in [0.3, 0.4) is 0 Å². The highest BCUT2D eigenvalue weighted by atomic mass is 35.5. The summed E-state index contributed by atoms with van der Waals surface area (Å²) in [5, 5.41) is -2.62. The summed E-state index contributed by atoms with van der Waals surface area (Å²) in [6.07, 6.45) is 0. The highest BCUT2D eigenvalue weighted by molar-refractivity contribution is 6.45. The Bertz CT molecular complexity index is 383. The Balaban J connectivity index is 0.000000605. The summed E-state index contributed by atoms with van der Waals surface area (Å²) in [7, 11) is 0. The van der Waals surface area contributed by atoms with Gasteiger partial charge in [-0.05, 0) is 0 Å². The van der Waals surface area contributed by atoms with Crippen LogP contribution in [0.15, 0.2) is 0 Å². The minimum Gasteiger partial charge on any atom is -0.329 e. The molecule has 1 aliphatic carbocycles. The van der Waals surface area contributed by atoms with Crippen molar-refractivity contribution in [1.29, 1.82) is 0 Å². The van der Waals surface area contributed by atoms with E-state index in [1.165, 1.54) is 0 Å². The zero-order valence-corrected chi connectivity index (χ0v) is 23.1. The van der Waals surface area contributed by atoms with E-state index in [4.69, 9.17) is 86.8 Å². The molecule has 188 valence electrons. The van der Waals surface area contributed by atoms with Gasteiger partial charge >= 0.3 is 0 Å². The van der Waals surface area contributed by atoms with Crippen LogP contribution in [-0.2, 0) is 0 Å². The fraction of sp³-hybridized carbons (Fsp3) is 1.00. The van der Waals surface area contributed by atoms with Crippen molar-refractivity contribution in [2.45, 2.75) is 32.3 Å². The van der Waals surface area contributed by atoms with Crippen LogP contribution >= 0.6 is 82.0 Å². The predicted octanol–water partition coefficient (Wildman–Crippen LogP) is 1.85. The van der Waals surface area contributed by atoms with E-state index >= 15 is 0 Å². The molecular formula is C18H37Cl7N6. The molecule has 0 bridgehead atoms. The van der Waals surface area contributed by atoms with Gasteiger partial charge in [0.15, 0.2) is 0 Å². The molecular weight excluding hydrogens is 548 g/mol. The third kappa shape index (κ3) is 11.4. The molecule has 0 aromatic heterocycles. The largest absolute Gasteiger partial charge is 0.329 e. The molecule has 0 atom stereocenters. The number of hydrogen-bond acceptors (Lipinski definition) is 6. The van der Waals surface area contributed by atoms with Crippen molar-refractivity contribution in [2.24, 2.45) is 17.2 Å². The lowest BCUT2D eigenvalue weighted by Gasteiger charge is -2.37. The number of alkyl halides is 6. The van der Waals surface area contributed by atoms with Gasteiger partial charge in [-0.1, -0.05) is 0 Å². The quantitative estimate of drug-likeness (QED) is 0.358. The summed E-state index contributed by atoms with van der Waals surface area (Å²) < 4.78 is 0. The van der Waals surface area contributed by atoms with Gasteiger partial charge in [0.05, 0.1) is 32.3 Å². The fourth-order valence-electron chi connectivity index (χ4n) is 3.46. The van der Waals surface area contributed by atoms with Gasteiger partial charge in [-0.3, -0.25) is 14.7 Å². The number of halogens is 7. The van der Waals surface area contributed by atoms with E-state index in [0.717, 1.165) is 65.4 Å². The van der Waals surface area contributed by atoms with E-state index in [9.17, 15) is 0 Å². The monoisotopic (exact) mass is 582 g/mol. The number of nitrogens with zero attached hydrogens (tertiary/aromatic N) is 3. The Morgan fingerprint density at radius 1 is 0.548 bits per heavy atom. The molecule has 1 heterocycles. The van der Waals surface area contributed by atoms with E-state index in [1.807, 2.05) is 0 Å². The van der Waals surface area contributed by atoms with E-state index in [2.05, 4.69) is 14.7 Å². The molecule has 13 heteroatoms. The van der Waals surface area contributed by atoms with Crippen molar-refractivity contribution in [3.8, 4) is 0 Å². The van der Waals surface area contributed by atoms with Crippen molar-refractivity contribution in [3.63, 3.8) is 0 Å². The van der Waals surface area contributed by atoms with E-state index < -0.39 is 32.3 Å². The van der Waals surface area contributed by atoms with E-state index in [1.54, 1.807) is 0 Å². The third-order valence-electron chi connectivity index (χ3n) is 5.36. The minimum atomic E-state index is -0.437. The summed E-state index contributed by atoms with van der Waals surface area (Å²) >= 11 is 35.3. The molecule has 2 fully saturated rings. The van der Waals surface area contributed by atoms with E-state index in [0.29, 0.717) is 13.1 Å². The second-order valence-corrected chi connectivity index (χ2v) is 10.6. The molecule has 0 amide bonds. The Hall–Kier alpha value is 1.79. The van der Waals surface area contributed by atoms with Crippen molar-refractivity contribution in [3.05, 3.63) is 0 Å². The smallest absolute Gasteiger partial charge is 0.0693 e. The minimum absolute atomic E-state index is 0. The van der Waals surface area contributed by atoms with Crippen LogP contribution < -0.4 is 17.2 Å². The van der Waals surface area contributed by atoms with Gasteiger partial charge in [-0.15, -0.1) is 82.0 Å². The van der Waals surface area contributed by atoms with Gasteiger partial charge in [-0.2, -0.15) is 0 Å². The molecule has 2 rings (SSSR count). The lowest BCUT2D eigenvalue weighted by Crippen LogP contribution is -2.52. The van der Waals surface area contributed by atoms with Crippen LogP contribution in [0.2, 0.25) is 0 Å². The third-order valence-corrected chi connectivity index (χ3v) is 9.39. The zero-order chi connectivity index (χ0) is 22.7. The molecule has 1 saturated heterocycles. The molecule has 0 aromatic carbocycles. The van der Waals surface area contributed by atoms with Crippen LogP contribution in [0.25, 0.3) is 0 Å². The van der Waals surface area contributed by atoms with Gasteiger partial charge in [0.1, 0.15) is 0 Å². The van der Waals surface area contributed by atoms with E-state index in [-0.39, 0.29) is 12.4 Å². The molecule has 1 saturated carbocycles. The van der Waals surface area contributed by atoms with Crippen molar-refractivity contribution < 1.29 is 0 Å². The van der Waals surface area contributed by atoms with Crippen LogP contribution in [0.1, 0.15) is 0 Å². The molecule has 0 aromatic rings. The number of nitrogens with two attached hydrogens (primary N) is 3. The molecule has 1 aliphatic heterocycles. The second kappa shape index (κ2) is 18.1. The predicted molar refractivity (Wildman–Crippen MR) is 142 cm³/mol. The summed E-state index contributed by atoms with van der Waals surface area (Å²) in [5.74, 6) is 0. The number of piperazine rings is 1. The molecule has 0 radical (unpaired) electrons. The first-order valence-electron chi connectivity index (χ1n) is 10.4. The lowest BCUT2D eigenvalue weighted by molar-refractivity contribution is 0.121. The molecule has 0 spiro atoms.